The Hall–Kier alpha value is -4.80. The molecule has 232 valence electrons. The number of aromatic nitrogens is 4. The number of pyridine rings is 4. The van der Waals surface area contributed by atoms with E-state index in [4.69, 9.17) is 5.73 Å². The molecule has 0 atom stereocenters. The zero-order valence-electron chi connectivity index (χ0n) is 24.1. The largest absolute Gasteiger partial charge is 0.465 e. The van der Waals surface area contributed by atoms with Crippen molar-refractivity contribution in [2.75, 3.05) is 34.8 Å². The summed E-state index contributed by atoms with van der Waals surface area (Å²) in [7, 11) is -5.68. The number of rotatable bonds is 11. The van der Waals surface area contributed by atoms with Crippen molar-refractivity contribution in [3.8, 4) is 0 Å². The van der Waals surface area contributed by atoms with Crippen molar-refractivity contribution >= 4 is 43.2 Å². The number of carbonyl (C=O) groups is 2. The number of ketones is 1. The Labute approximate surface area is 255 Å². The predicted molar refractivity (Wildman–Crippen MR) is 164 cm³/mol. The molecular formula is C28H31N7O7S2. The van der Waals surface area contributed by atoms with E-state index in [-0.39, 0.29) is 25.4 Å². The van der Waals surface area contributed by atoms with Crippen LogP contribution in [0.5, 0.6) is 0 Å². The van der Waals surface area contributed by atoms with Gasteiger partial charge >= 0.3 is 5.97 Å². The highest BCUT2D eigenvalue weighted by atomic mass is 32.2. The molecule has 0 saturated heterocycles. The van der Waals surface area contributed by atoms with Crippen LogP contribution < -0.4 is 14.3 Å². The second-order valence-corrected chi connectivity index (χ2v) is 13.0. The number of methoxy groups -OCH3 is 1. The third-order valence-electron chi connectivity index (χ3n) is 5.86. The lowest BCUT2D eigenvalue weighted by atomic mass is 10.2. The minimum absolute atomic E-state index is 0.0476. The molecule has 0 aliphatic carbocycles. The molecule has 4 heterocycles. The van der Waals surface area contributed by atoms with Crippen LogP contribution in [-0.4, -0.2) is 74.7 Å². The normalized spacial score (nSPS) is 11.1. The molecule has 0 aliphatic rings. The molecule has 0 saturated carbocycles. The first-order valence-corrected chi connectivity index (χ1v) is 16.5. The van der Waals surface area contributed by atoms with E-state index in [0.717, 1.165) is 12.5 Å². The van der Waals surface area contributed by atoms with E-state index in [0.29, 0.717) is 33.9 Å². The van der Waals surface area contributed by atoms with Crippen molar-refractivity contribution in [3.63, 3.8) is 0 Å². The van der Waals surface area contributed by atoms with Gasteiger partial charge in [0.1, 0.15) is 0 Å². The molecule has 4 aromatic heterocycles. The maximum atomic E-state index is 12.0. The topological polar surface area (TPSA) is 196 Å². The Morgan fingerprint density at radius 3 is 1.50 bits per heavy atom. The first-order valence-electron chi connectivity index (χ1n) is 12.8. The van der Waals surface area contributed by atoms with Crippen LogP contribution in [0.25, 0.3) is 0 Å². The third kappa shape index (κ3) is 9.62. The van der Waals surface area contributed by atoms with Gasteiger partial charge in [0, 0.05) is 30.4 Å². The summed E-state index contributed by atoms with van der Waals surface area (Å²) in [5.74, 6) is -0.711. The van der Waals surface area contributed by atoms with Gasteiger partial charge in [-0.3, -0.25) is 33.3 Å². The standard InChI is InChI=1S/C14H16N4O3S.C14H15N3O4S/c1-22(20,21)18(13-3-2-6-16-9-13)10-12-5-4-11(8-17-12)14(19)7-15;1-21-14(18)11-5-6-12(16-8-11)10-17(22(2,19)20)13-4-3-7-15-9-13/h2-6,8-9H,7,10,15H2,1H3;3-9H,10H2,1-2H3. The van der Waals surface area contributed by atoms with Gasteiger partial charge in [0.15, 0.2) is 5.78 Å². The number of hydrogen-bond donors (Lipinski definition) is 1. The highest BCUT2D eigenvalue weighted by Crippen LogP contribution is 2.20. The van der Waals surface area contributed by atoms with Crippen LogP contribution in [0.4, 0.5) is 11.4 Å². The van der Waals surface area contributed by atoms with Crippen LogP contribution in [0.3, 0.4) is 0 Å². The molecule has 4 aromatic rings. The number of nitrogens with zero attached hydrogens (tertiary/aromatic N) is 6. The molecule has 0 aromatic carbocycles. The van der Waals surface area contributed by atoms with E-state index in [1.54, 1.807) is 54.9 Å². The lowest BCUT2D eigenvalue weighted by Gasteiger charge is -2.21. The molecule has 0 aliphatic heterocycles. The van der Waals surface area contributed by atoms with Gasteiger partial charge in [0.2, 0.25) is 20.0 Å². The number of anilines is 2. The molecule has 0 fully saturated rings. The second kappa shape index (κ2) is 15.1. The van der Waals surface area contributed by atoms with E-state index in [1.165, 1.54) is 46.6 Å². The van der Waals surface area contributed by atoms with E-state index in [9.17, 15) is 26.4 Å². The Morgan fingerprint density at radius 2 is 1.18 bits per heavy atom. The molecule has 0 unspecified atom stereocenters. The fourth-order valence-corrected chi connectivity index (χ4v) is 5.37. The van der Waals surface area contributed by atoms with Gasteiger partial charge in [-0.15, -0.1) is 0 Å². The third-order valence-corrected chi connectivity index (χ3v) is 8.14. The number of sulfonamides is 2. The summed E-state index contributed by atoms with van der Waals surface area (Å²) >= 11 is 0. The zero-order chi connectivity index (χ0) is 32.3. The van der Waals surface area contributed by atoms with Gasteiger partial charge in [-0.05, 0) is 48.5 Å². The van der Waals surface area contributed by atoms with Crippen LogP contribution in [0, 0.1) is 0 Å². The first-order chi connectivity index (χ1) is 20.8. The minimum atomic E-state index is -3.49. The number of nitrogens with two attached hydrogens (primary N) is 1. The summed E-state index contributed by atoms with van der Waals surface area (Å²) < 4.78 is 54.8. The molecule has 4 rings (SSSR count). The van der Waals surface area contributed by atoms with Crippen LogP contribution in [0.1, 0.15) is 32.1 Å². The zero-order valence-corrected chi connectivity index (χ0v) is 25.8. The first kappa shape index (κ1) is 33.7. The van der Waals surface area contributed by atoms with Crippen molar-refractivity contribution in [2.45, 2.75) is 13.1 Å². The summed E-state index contributed by atoms with van der Waals surface area (Å²) in [5.41, 5.74) is 7.91. The minimum Gasteiger partial charge on any atom is -0.465 e. The lowest BCUT2D eigenvalue weighted by Crippen LogP contribution is -2.29. The van der Waals surface area contributed by atoms with E-state index >= 15 is 0 Å². The molecule has 0 bridgehead atoms. The van der Waals surface area contributed by atoms with Crippen molar-refractivity contribution < 1.29 is 31.2 Å². The Kier molecular flexibility index (Phi) is 11.6. The average molecular weight is 642 g/mol. The van der Waals surface area contributed by atoms with E-state index < -0.39 is 26.0 Å². The van der Waals surface area contributed by atoms with E-state index in [1.807, 2.05) is 0 Å². The average Bonchev–Trinajstić information content (AvgIpc) is 3.02. The van der Waals surface area contributed by atoms with Gasteiger partial charge in [-0.25, -0.2) is 21.6 Å². The predicted octanol–water partition coefficient (Wildman–Crippen LogP) is 1.81. The van der Waals surface area contributed by atoms with Crippen molar-refractivity contribution in [1.29, 1.82) is 0 Å². The number of carbonyl (C=O) groups excluding carboxylic acids is 2. The number of Topliss-reactive ketones (excluding diaryl/α,β-unsaturated/α-hetero) is 1. The number of esters is 1. The highest BCUT2D eigenvalue weighted by molar-refractivity contribution is 7.92. The maximum Gasteiger partial charge on any atom is 0.339 e. The molecule has 0 radical (unpaired) electrons. The maximum absolute atomic E-state index is 12.0. The smallest absolute Gasteiger partial charge is 0.339 e. The van der Waals surface area contributed by atoms with Crippen LogP contribution in [0.2, 0.25) is 0 Å². The summed E-state index contributed by atoms with van der Waals surface area (Å²) in [5, 5.41) is 0. The number of hydrogen-bond acceptors (Lipinski definition) is 12. The summed E-state index contributed by atoms with van der Waals surface area (Å²) in [4.78, 5) is 38.9. The number of ether oxygens (including phenoxy) is 1. The molecule has 2 N–H and O–H groups in total. The Bertz CT molecular complexity index is 1620. The van der Waals surface area contributed by atoms with Crippen molar-refractivity contribution in [2.24, 2.45) is 5.73 Å². The molecule has 44 heavy (non-hydrogen) atoms. The van der Waals surface area contributed by atoms with Crippen LogP contribution >= 0.6 is 0 Å². The quantitative estimate of drug-likeness (QED) is 0.185. The monoisotopic (exact) mass is 641 g/mol. The molecule has 14 nitrogen and oxygen atoms in total. The molecule has 16 heteroatoms. The lowest BCUT2D eigenvalue weighted by molar-refractivity contribution is 0.0600. The molecular weight excluding hydrogens is 610 g/mol. The SMILES string of the molecule is COC(=O)c1ccc(CN(c2cccnc2)S(C)(=O)=O)nc1.CS(=O)(=O)N(Cc1ccc(C(=O)CN)cn1)c1cccnc1. The van der Waals surface area contributed by atoms with E-state index in [2.05, 4.69) is 24.7 Å². The van der Waals surface area contributed by atoms with Gasteiger partial charge in [-0.2, -0.15) is 0 Å². The van der Waals surface area contributed by atoms with Crippen LogP contribution in [-0.2, 0) is 37.9 Å². The summed E-state index contributed by atoms with van der Waals surface area (Å²) in [6.07, 6.45) is 11.0. The molecule has 0 amide bonds. The fraction of sp³-hybridized carbons (Fsp3) is 0.214. The van der Waals surface area contributed by atoms with Crippen molar-refractivity contribution in [1.82, 2.24) is 19.9 Å². The van der Waals surface area contributed by atoms with Crippen molar-refractivity contribution in [3.05, 3.63) is 108 Å². The second-order valence-electron chi connectivity index (χ2n) is 9.16. The Balaban J connectivity index is 0.000000240. The summed E-state index contributed by atoms with van der Waals surface area (Å²) in [6, 6.07) is 12.9. The van der Waals surface area contributed by atoms with Crippen LogP contribution in [0.15, 0.2) is 85.7 Å². The summed E-state index contributed by atoms with van der Waals surface area (Å²) in [6.45, 7) is 0.0137. The molecule has 0 spiro atoms. The highest BCUT2D eigenvalue weighted by Gasteiger charge is 2.20. The van der Waals surface area contributed by atoms with Gasteiger partial charge in [0.25, 0.3) is 0 Å². The fourth-order valence-electron chi connectivity index (χ4n) is 3.65. The van der Waals surface area contributed by atoms with Gasteiger partial charge in [0.05, 0.1) is 80.0 Å². The van der Waals surface area contributed by atoms with Gasteiger partial charge in [-0.1, -0.05) is 0 Å². The van der Waals surface area contributed by atoms with Gasteiger partial charge < -0.3 is 10.5 Å². The Morgan fingerprint density at radius 1 is 0.727 bits per heavy atom.